The van der Waals surface area contributed by atoms with Gasteiger partial charge in [-0.25, -0.2) is 0 Å². The number of hydrogen-bond donors (Lipinski definition) is 3. The predicted molar refractivity (Wildman–Crippen MR) is 79.9 cm³/mol. The molecule has 21 heavy (non-hydrogen) atoms. The highest BCUT2D eigenvalue weighted by molar-refractivity contribution is 5.86. The largest absolute Gasteiger partial charge is 0.364 e. The van der Waals surface area contributed by atoms with Gasteiger partial charge in [-0.05, 0) is 13.8 Å². The average Bonchev–Trinajstić information content (AvgIpc) is 2.95. The molecule has 0 unspecified atom stereocenters. The van der Waals surface area contributed by atoms with Crippen molar-refractivity contribution in [3.05, 3.63) is 30.0 Å². The second kappa shape index (κ2) is 5.70. The van der Waals surface area contributed by atoms with E-state index in [1.165, 1.54) is 0 Å². The highest BCUT2D eigenvalue weighted by Gasteiger charge is 2.09. The minimum absolute atomic E-state index is 0.538. The lowest BCUT2D eigenvalue weighted by molar-refractivity contribution is 0.975. The van der Waals surface area contributed by atoms with Gasteiger partial charge < -0.3 is 10.6 Å². The molecule has 3 aromatic rings. The molecule has 0 amide bonds. The minimum atomic E-state index is 0.538. The highest BCUT2D eigenvalue weighted by atomic mass is 15.2. The van der Waals surface area contributed by atoms with E-state index in [9.17, 15) is 0 Å². The van der Waals surface area contributed by atoms with E-state index in [0.717, 1.165) is 23.3 Å². The van der Waals surface area contributed by atoms with Crippen LogP contribution in [0.3, 0.4) is 0 Å². The third-order valence-corrected chi connectivity index (χ3v) is 2.92. The zero-order valence-electron chi connectivity index (χ0n) is 11.9. The molecule has 0 aromatic carbocycles. The second-order valence-electron chi connectivity index (χ2n) is 4.56. The van der Waals surface area contributed by atoms with Crippen LogP contribution in [0, 0.1) is 6.92 Å². The fourth-order valence-electron chi connectivity index (χ4n) is 1.89. The summed E-state index contributed by atoms with van der Waals surface area (Å²) in [5.74, 6) is 1.28. The Labute approximate surface area is 121 Å². The van der Waals surface area contributed by atoms with Crippen molar-refractivity contribution in [3.63, 3.8) is 0 Å². The number of nitrogens with zero attached hydrogens (tertiary/aromatic N) is 5. The molecule has 108 valence electrons. The molecule has 8 nitrogen and oxygen atoms in total. The minimum Gasteiger partial charge on any atom is -0.364 e. The summed E-state index contributed by atoms with van der Waals surface area (Å²) in [6.45, 7) is 5.19. The molecule has 0 fully saturated rings. The number of fused-ring (bicyclic) bond motifs is 1. The van der Waals surface area contributed by atoms with Crippen LogP contribution in [-0.4, -0.2) is 36.7 Å². The number of anilines is 2. The molecule has 0 bridgehead atoms. The van der Waals surface area contributed by atoms with E-state index < -0.39 is 0 Å². The Bertz CT molecular complexity index is 734. The zero-order chi connectivity index (χ0) is 14.7. The molecule has 0 aliphatic carbocycles. The normalized spacial score (nSPS) is 10.8. The van der Waals surface area contributed by atoms with Crippen LogP contribution in [0.25, 0.3) is 11.0 Å². The zero-order valence-corrected chi connectivity index (χ0v) is 11.9. The molecule has 0 radical (unpaired) electrons. The Hall–Kier alpha value is -2.77. The van der Waals surface area contributed by atoms with E-state index in [1.807, 2.05) is 13.8 Å². The summed E-state index contributed by atoms with van der Waals surface area (Å²) in [5, 5.41) is 14.1. The monoisotopic (exact) mass is 284 g/mol. The second-order valence-corrected chi connectivity index (χ2v) is 4.56. The Morgan fingerprint density at radius 3 is 2.76 bits per heavy atom. The molecule has 0 saturated carbocycles. The van der Waals surface area contributed by atoms with Crippen molar-refractivity contribution in [2.45, 2.75) is 20.4 Å². The summed E-state index contributed by atoms with van der Waals surface area (Å²) in [7, 11) is 0. The SMILES string of the molecule is CCNc1nc(NCc2cnc(C)cn2)c2cn[nH]c2n1. The van der Waals surface area contributed by atoms with Gasteiger partial charge in [-0.1, -0.05) is 0 Å². The molecule has 3 rings (SSSR count). The van der Waals surface area contributed by atoms with Gasteiger partial charge in [0.05, 0.1) is 35.7 Å². The van der Waals surface area contributed by atoms with Crippen molar-refractivity contribution in [2.75, 3.05) is 17.2 Å². The van der Waals surface area contributed by atoms with Crippen molar-refractivity contribution in [1.82, 2.24) is 30.1 Å². The molecule has 0 spiro atoms. The molecular formula is C13H16N8. The van der Waals surface area contributed by atoms with Crippen molar-refractivity contribution in [2.24, 2.45) is 0 Å². The average molecular weight is 284 g/mol. The molecule has 3 aromatic heterocycles. The third kappa shape index (κ3) is 2.88. The van der Waals surface area contributed by atoms with Crippen LogP contribution in [0.2, 0.25) is 0 Å². The maximum absolute atomic E-state index is 4.45. The summed E-state index contributed by atoms with van der Waals surface area (Å²) >= 11 is 0. The molecule has 0 atom stereocenters. The number of aryl methyl sites for hydroxylation is 1. The fraction of sp³-hybridized carbons (Fsp3) is 0.308. The van der Waals surface area contributed by atoms with Gasteiger partial charge >= 0.3 is 0 Å². The van der Waals surface area contributed by atoms with Gasteiger partial charge in [-0.15, -0.1) is 0 Å². The van der Waals surface area contributed by atoms with Gasteiger partial charge in [0.25, 0.3) is 0 Å². The first-order valence-corrected chi connectivity index (χ1v) is 6.72. The number of rotatable bonds is 5. The van der Waals surface area contributed by atoms with E-state index in [-0.39, 0.29) is 0 Å². The number of aromatic amines is 1. The topological polar surface area (TPSA) is 104 Å². The van der Waals surface area contributed by atoms with Gasteiger partial charge in [0, 0.05) is 12.7 Å². The molecule has 0 aliphatic rings. The Morgan fingerprint density at radius 2 is 2.00 bits per heavy atom. The van der Waals surface area contributed by atoms with E-state index in [4.69, 9.17) is 0 Å². The van der Waals surface area contributed by atoms with Crippen LogP contribution in [-0.2, 0) is 6.54 Å². The number of hydrogen-bond acceptors (Lipinski definition) is 7. The van der Waals surface area contributed by atoms with Crippen molar-refractivity contribution in [1.29, 1.82) is 0 Å². The predicted octanol–water partition coefficient (Wildman–Crippen LogP) is 1.50. The quantitative estimate of drug-likeness (QED) is 0.652. The number of aromatic nitrogens is 6. The third-order valence-electron chi connectivity index (χ3n) is 2.92. The Morgan fingerprint density at radius 1 is 1.10 bits per heavy atom. The van der Waals surface area contributed by atoms with E-state index in [2.05, 4.69) is 40.8 Å². The van der Waals surface area contributed by atoms with Gasteiger partial charge in [-0.2, -0.15) is 15.1 Å². The first-order valence-electron chi connectivity index (χ1n) is 6.72. The Kier molecular flexibility index (Phi) is 3.59. The standard InChI is InChI=1S/C13H16N8/c1-3-14-13-19-11(10-7-18-21-12(10)20-13)17-6-9-5-15-8(2)4-16-9/h4-5,7H,3,6H2,1-2H3,(H3,14,17,18,19,20,21). The smallest absolute Gasteiger partial charge is 0.226 e. The molecule has 3 N–H and O–H groups in total. The summed E-state index contributed by atoms with van der Waals surface area (Å²) in [4.78, 5) is 17.3. The van der Waals surface area contributed by atoms with Crippen LogP contribution in [0.1, 0.15) is 18.3 Å². The summed E-state index contributed by atoms with van der Waals surface area (Å²) < 4.78 is 0. The molecule has 0 aliphatic heterocycles. The lowest BCUT2D eigenvalue weighted by Crippen LogP contribution is -2.08. The maximum atomic E-state index is 4.45. The first-order chi connectivity index (χ1) is 10.3. The number of nitrogens with one attached hydrogen (secondary N) is 3. The first kappa shape index (κ1) is 13.2. The lowest BCUT2D eigenvalue weighted by atomic mass is 10.3. The molecule has 0 saturated heterocycles. The van der Waals surface area contributed by atoms with Gasteiger partial charge in [0.2, 0.25) is 5.95 Å². The van der Waals surface area contributed by atoms with E-state index >= 15 is 0 Å². The lowest BCUT2D eigenvalue weighted by Gasteiger charge is -2.08. The van der Waals surface area contributed by atoms with E-state index in [0.29, 0.717) is 24.0 Å². The van der Waals surface area contributed by atoms with Crippen molar-refractivity contribution >= 4 is 22.8 Å². The van der Waals surface area contributed by atoms with E-state index in [1.54, 1.807) is 18.6 Å². The molecule has 3 heterocycles. The van der Waals surface area contributed by atoms with Crippen LogP contribution in [0.4, 0.5) is 11.8 Å². The maximum Gasteiger partial charge on any atom is 0.226 e. The van der Waals surface area contributed by atoms with Crippen LogP contribution in [0.15, 0.2) is 18.6 Å². The molecular weight excluding hydrogens is 268 g/mol. The fourth-order valence-corrected chi connectivity index (χ4v) is 1.89. The van der Waals surface area contributed by atoms with Gasteiger partial charge in [0.1, 0.15) is 5.82 Å². The summed E-state index contributed by atoms with van der Waals surface area (Å²) in [6.07, 6.45) is 5.20. The van der Waals surface area contributed by atoms with Crippen LogP contribution < -0.4 is 10.6 Å². The highest BCUT2D eigenvalue weighted by Crippen LogP contribution is 2.20. The van der Waals surface area contributed by atoms with Crippen molar-refractivity contribution in [3.8, 4) is 0 Å². The number of H-pyrrole nitrogens is 1. The van der Waals surface area contributed by atoms with Crippen LogP contribution in [0.5, 0.6) is 0 Å². The van der Waals surface area contributed by atoms with Crippen LogP contribution >= 0.6 is 0 Å². The summed E-state index contributed by atoms with van der Waals surface area (Å²) in [5.41, 5.74) is 2.44. The van der Waals surface area contributed by atoms with Gasteiger partial charge in [-0.3, -0.25) is 15.1 Å². The Balaban J connectivity index is 1.84. The molecule has 8 heteroatoms. The van der Waals surface area contributed by atoms with Crippen molar-refractivity contribution < 1.29 is 0 Å². The van der Waals surface area contributed by atoms with Gasteiger partial charge in [0.15, 0.2) is 5.65 Å². The summed E-state index contributed by atoms with van der Waals surface area (Å²) in [6, 6.07) is 0.